The first kappa shape index (κ1) is 35.6. The fraction of sp³-hybridized carbons (Fsp3) is 0.0926. The molecule has 0 N–H and O–H groups in total. The molecule has 0 bridgehead atoms. The average Bonchev–Trinajstić information content (AvgIpc) is 3.98. The monoisotopic (exact) mass is 777 g/mol. The van der Waals surface area contributed by atoms with Gasteiger partial charge in [0.25, 0.3) is 0 Å². The van der Waals surface area contributed by atoms with Crippen LogP contribution in [0.15, 0.2) is 194 Å². The lowest BCUT2D eigenvalue weighted by atomic mass is 9.86. The molecule has 4 heterocycles. The maximum atomic E-state index is 6.96. The Kier molecular flexibility index (Phi) is 8.34. The van der Waals surface area contributed by atoms with Crippen LogP contribution in [0.3, 0.4) is 0 Å². The van der Waals surface area contributed by atoms with Crippen molar-refractivity contribution in [3.05, 3.63) is 200 Å². The van der Waals surface area contributed by atoms with Crippen LogP contribution in [0, 0.1) is 0 Å². The molecule has 3 aromatic heterocycles. The maximum absolute atomic E-state index is 6.96. The van der Waals surface area contributed by atoms with Crippen LogP contribution in [0.5, 0.6) is 11.5 Å². The molecule has 0 radical (unpaired) electrons. The highest BCUT2D eigenvalue weighted by molar-refractivity contribution is 6.11. The normalized spacial score (nSPS) is 12.8. The number of nitrogens with zero attached hydrogens (tertiary/aromatic N) is 5. The van der Waals surface area contributed by atoms with Crippen molar-refractivity contribution in [2.75, 3.05) is 16.5 Å². The molecule has 6 nitrogen and oxygen atoms in total. The van der Waals surface area contributed by atoms with Crippen molar-refractivity contribution in [3.8, 4) is 34.1 Å². The molecule has 1 aliphatic heterocycles. The number of pyridine rings is 1. The van der Waals surface area contributed by atoms with Crippen molar-refractivity contribution in [3.63, 3.8) is 0 Å². The largest absolute Gasteiger partial charge is 0.457 e. The second-order valence-corrected chi connectivity index (χ2v) is 16.6. The molecule has 6 heteroatoms. The molecule has 60 heavy (non-hydrogen) atoms. The lowest BCUT2D eigenvalue weighted by Gasteiger charge is -2.26. The smallest absolute Gasteiger partial charge is 0.139 e. The van der Waals surface area contributed by atoms with Gasteiger partial charge in [-0.25, -0.2) is 4.98 Å². The zero-order valence-electron chi connectivity index (χ0n) is 33.8. The van der Waals surface area contributed by atoms with Crippen molar-refractivity contribution in [2.45, 2.75) is 26.2 Å². The third-order valence-electron chi connectivity index (χ3n) is 11.8. The summed E-state index contributed by atoms with van der Waals surface area (Å²) in [6.45, 7) is 7.47. The standard InChI is InChI=1S/C54H43N5O/c1-54(2,3)40-30-43(58-36-57(42-19-11-6-12-20-42)49-21-13-14-22-50(49)58)32-45(31-40)60-44-24-25-46-47-29-38(37-15-7-4-8-16-37)23-26-48(47)59(52(46)33-44)53-34-51-39(35-55-53)27-28-56(51)41-17-9-5-10-18-41/h4-35H,36H2,1-3H3. The Morgan fingerprint density at radius 1 is 0.500 bits per heavy atom. The molecule has 11 rings (SSSR count). The summed E-state index contributed by atoms with van der Waals surface area (Å²) in [7, 11) is 0. The van der Waals surface area contributed by atoms with Gasteiger partial charge in [0, 0.05) is 63.8 Å². The van der Waals surface area contributed by atoms with Gasteiger partial charge in [-0.1, -0.05) is 106 Å². The minimum absolute atomic E-state index is 0.110. The highest BCUT2D eigenvalue weighted by Gasteiger charge is 2.29. The molecular formula is C54H43N5O. The molecule has 0 atom stereocenters. The summed E-state index contributed by atoms with van der Waals surface area (Å²) in [5, 5.41) is 3.38. The van der Waals surface area contributed by atoms with Gasteiger partial charge in [0.05, 0.1) is 27.9 Å². The summed E-state index contributed by atoms with van der Waals surface area (Å²) in [6.07, 6.45) is 4.10. The summed E-state index contributed by atoms with van der Waals surface area (Å²) in [5.41, 5.74) is 12.4. The van der Waals surface area contributed by atoms with Gasteiger partial charge >= 0.3 is 0 Å². The number of benzene rings is 7. The highest BCUT2D eigenvalue weighted by Crippen LogP contribution is 2.46. The van der Waals surface area contributed by atoms with E-state index in [2.05, 4.69) is 228 Å². The molecule has 0 spiro atoms. The molecule has 0 unspecified atom stereocenters. The fourth-order valence-electron chi connectivity index (χ4n) is 8.71. The molecule has 0 amide bonds. The lowest BCUT2D eigenvalue weighted by molar-refractivity contribution is 0.479. The summed E-state index contributed by atoms with van der Waals surface area (Å²) < 4.78 is 11.5. The molecule has 0 aliphatic carbocycles. The van der Waals surface area contributed by atoms with Crippen LogP contribution in [0.4, 0.5) is 22.7 Å². The van der Waals surface area contributed by atoms with E-state index in [9.17, 15) is 0 Å². The van der Waals surface area contributed by atoms with Gasteiger partial charge in [0.15, 0.2) is 0 Å². The van der Waals surface area contributed by atoms with E-state index in [4.69, 9.17) is 9.72 Å². The number of anilines is 4. The van der Waals surface area contributed by atoms with E-state index in [1.165, 1.54) is 28.1 Å². The minimum atomic E-state index is -0.110. The highest BCUT2D eigenvalue weighted by atomic mass is 16.5. The van der Waals surface area contributed by atoms with Gasteiger partial charge in [0.1, 0.15) is 24.0 Å². The quantitative estimate of drug-likeness (QED) is 0.162. The first-order valence-electron chi connectivity index (χ1n) is 20.5. The van der Waals surface area contributed by atoms with E-state index in [1.807, 2.05) is 6.20 Å². The van der Waals surface area contributed by atoms with Crippen LogP contribution in [0.1, 0.15) is 26.3 Å². The van der Waals surface area contributed by atoms with Crippen LogP contribution in [0.2, 0.25) is 0 Å². The molecule has 290 valence electrons. The van der Waals surface area contributed by atoms with E-state index >= 15 is 0 Å². The summed E-state index contributed by atoms with van der Waals surface area (Å²) >= 11 is 0. The Labute approximate surface area is 349 Å². The maximum Gasteiger partial charge on any atom is 0.139 e. The van der Waals surface area contributed by atoms with Crippen LogP contribution < -0.4 is 14.5 Å². The zero-order chi connectivity index (χ0) is 40.4. The zero-order valence-corrected chi connectivity index (χ0v) is 33.8. The molecule has 10 aromatic rings. The Morgan fingerprint density at radius 2 is 1.18 bits per heavy atom. The van der Waals surface area contributed by atoms with Crippen LogP contribution >= 0.6 is 0 Å². The van der Waals surface area contributed by atoms with Crippen molar-refractivity contribution in [2.24, 2.45) is 0 Å². The van der Waals surface area contributed by atoms with E-state index < -0.39 is 0 Å². The van der Waals surface area contributed by atoms with Crippen molar-refractivity contribution in [1.82, 2.24) is 14.1 Å². The van der Waals surface area contributed by atoms with Gasteiger partial charge < -0.3 is 19.1 Å². The van der Waals surface area contributed by atoms with Crippen molar-refractivity contribution >= 4 is 55.5 Å². The SMILES string of the molecule is CC(C)(C)c1cc(Oc2ccc3c4cc(-c5ccccc5)ccc4n(-c4cc5c(ccn5-c5ccccc5)cn4)c3c2)cc(N2CN(c3ccccc3)c3ccccc32)c1. The number of fused-ring (bicyclic) bond motifs is 5. The number of para-hydroxylation sites is 4. The number of hydrogen-bond acceptors (Lipinski definition) is 4. The summed E-state index contributed by atoms with van der Waals surface area (Å²) in [6, 6.07) is 64.6. The van der Waals surface area contributed by atoms with Crippen LogP contribution in [-0.4, -0.2) is 20.8 Å². The van der Waals surface area contributed by atoms with E-state index in [0.717, 1.165) is 67.1 Å². The van der Waals surface area contributed by atoms with Gasteiger partial charge in [-0.3, -0.25) is 4.57 Å². The molecule has 0 saturated heterocycles. The first-order valence-corrected chi connectivity index (χ1v) is 20.5. The second-order valence-electron chi connectivity index (χ2n) is 16.6. The number of hydrogen-bond donors (Lipinski definition) is 0. The Morgan fingerprint density at radius 3 is 1.92 bits per heavy atom. The Balaban J connectivity index is 1.05. The Bertz CT molecular complexity index is 3200. The molecular weight excluding hydrogens is 735 g/mol. The molecule has 0 fully saturated rings. The van der Waals surface area contributed by atoms with E-state index in [0.29, 0.717) is 6.67 Å². The topological polar surface area (TPSA) is 38.5 Å². The van der Waals surface area contributed by atoms with Crippen molar-refractivity contribution < 1.29 is 4.74 Å². The van der Waals surface area contributed by atoms with Gasteiger partial charge in [0.2, 0.25) is 0 Å². The van der Waals surface area contributed by atoms with Crippen molar-refractivity contribution in [1.29, 1.82) is 0 Å². The average molecular weight is 778 g/mol. The number of rotatable bonds is 7. The van der Waals surface area contributed by atoms with Gasteiger partial charge in [-0.05, 0) is 101 Å². The second kappa shape index (κ2) is 14.1. The fourth-order valence-corrected chi connectivity index (χ4v) is 8.71. The van der Waals surface area contributed by atoms with Crippen LogP contribution in [0.25, 0.3) is 55.3 Å². The minimum Gasteiger partial charge on any atom is -0.457 e. The van der Waals surface area contributed by atoms with Gasteiger partial charge in [-0.15, -0.1) is 0 Å². The third-order valence-corrected chi connectivity index (χ3v) is 11.8. The number of aromatic nitrogens is 3. The van der Waals surface area contributed by atoms with Crippen LogP contribution in [-0.2, 0) is 5.41 Å². The Hall–Kier alpha value is -7.57. The summed E-state index contributed by atoms with van der Waals surface area (Å²) in [4.78, 5) is 9.86. The molecule has 0 saturated carbocycles. The third kappa shape index (κ3) is 6.16. The van der Waals surface area contributed by atoms with Gasteiger partial charge in [-0.2, -0.15) is 0 Å². The predicted molar refractivity (Wildman–Crippen MR) is 248 cm³/mol. The van der Waals surface area contributed by atoms with E-state index in [-0.39, 0.29) is 5.41 Å². The summed E-state index contributed by atoms with van der Waals surface area (Å²) in [5.74, 6) is 2.39. The molecule has 1 aliphatic rings. The number of ether oxygens (including phenoxy) is 1. The lowest BCUT2D eigenvalue weighted by Crippen LogP contribution is -2.24. The van der Waals surface area contributed by atoms with E-state index in [1.54, 1.807) is 0 Å². The first-order chi connectivity index (χ1) is 29.4. The molecule has 7 aromatic carbocycles. The predicted octanol–water partition coefficient (Wildman–Crippen LogP) is 14.1.